The lowest BCUT2D eigenvalue weighted by Gasteiger charge is -2.31. The number of nitrogens with zero attached hydrogens (tertiary/aromatic N) is 4. The molecule has 0 radical (unpaired) electrons. The number of aromatic nitrogens is 3. The summed E-state index contributed by atoms with van der Waals surface area (Å²) in [4.78, 5) is 27.4. The van der Waals surface area contributed by atoms with E-state index in [0.717, 1.165) is 31.6 Å². The van der Waals surface area contributed by atoms with Gasteiger partial charge in [-0.25, -0.2) is 9.97 Å². The van der Waals surface area contributed by atoms with E-state index in [1.54, 1.807) is 6.92 Å². The van der Waals surface area contributed by atoms with Crippen LogP contribution in [0.3, 0.4) is 0 Å². The predicted octanol–water partition coefficient (Wildman–Crippen LogP) is 3.77. The number of methoxy groups -OCH3 is 1. The molecule has 3 aromatic rings. The number of amides is 1. The van der Waals surface area contributed by atoms with Gasteiger partial charge in [-0.1, -0.05) is 36.4 Å². The lowest BCUT2D eigenvalue weighted by atomic mass is 10.1. The van der Waals surface area contributed by atoms with Crippen molar-refractivity contribution < 1.29 is 14.3 Å². The van der Waals surface area contributed by atoms with E-state index in [1.807, 2.05) is 42.5 Å². The largest absolute Gasteiger partial charge is 0.373 e. The third-order valence-corrected chi connectivity index (χ3v) is 5.72. The molecule has 0 unspecified atom stereocenters. The van der Waals surface area contributed by atoms with E-state index in [9.17, 15) is 4.79 Å². The van der Waals surface area contributed by atoms with Gasteiger partial charge in [0.2, 0.25) is 11.9 Å². The maximum Gasteiger partial charge on any atom is 0.253 e. The maximum atomic E-state index is 12.1. The van der Waals surface area contributed by atoms with Crippen molar-refractivity contribution in [1.82, 2.24) is 15.0 Å². The Morgan fingerprint density at radius 1 is 1.09 bits per heavy atom. The third kappa shape index (κ3) is 6.49. The van der Waals surface area contributed by atoms with Gasteiger partial charge in [0, 0.05) is 31.6 Å². The van der Waals surface area contributed by atoms with Gasteiger partial charge in [-0.2, -0.15) is 4.98 Å². The first-order chi connectivity index (χ1) is 16.6. The summed E-state index contributed by atoms with van der Waals surface area (Å²) >= 11 is 0. The second kappa shape index (κ2) is 11.5. The molecular formula is C25H30N6O3. The van der Waals surface area contributed by atoms with Crippen LogP contribution in [-0.2, 0) is 20.9 Å². The molecule has 1 atom stereocenters. The van der Waals surface area contributed by atoms with Crippen LogP contribution in [0.4, 0.5) is 23.3 Å². The van der Waals surface area contributed by atoms with Crippen LogP contribution in [0.2, 0.25) is 0 Å². The van der Waals surface area contributed by atoms with E-state index < -0.39 is 6.10 Å². The van der Waals surface area contributed by atoms with E-state index in [2.05, 4.69) is 42.6 Å². The normalized spacial score (nSPS) is 15.1. The van der Waals surface area contributed by atoms with E-state index >= 15 is 0 Å². The molecule has 9 nitrogen and oxygen atoms in total. The lowest BCUT2D eigenvalue weighted by molar-refractivity contribution is -0.124. The Balaban J connectivity index is 1.31. The predicted molar refractivity (Wildman–Crippen MR) is 131 cm³/mol. The average molecular weight is 463 g/mol. The Bertz CT molecular complexity index is 1070. The molecule has 1 fully saturated rings. The Labute approximate surface area is 199 Å². The summed E-state index contributed by atoms with van der Waals surface area (Å²) in [7, 11) is 1.50. The Kier molecular flexibility index (Phi) is 8.00. The molecule has 1 aromatic heterocycles. The molecule has 1 aliphatic rings. The molecule has 0 aliphatic carbocycles. The van der Waals surface area contributed by atoms with Crippen molar-refractivity contribution in [1.29, 1.82) is 0 Å². The van der Waals surface area contributed by atoms with Gasteiger partial charge < -0.3 is 25.0 Å². The van der Waals surface area contributed by atoms with Gasteiger partial charge in [-0.05, 0) is 43.5 Å². The molecule has 1 aliphatic heterocycles. The molecule has 1 amide bonds. The average Bonchev–Trinajstić information content (AvgIpc) is 2.88. The van der Waals surface area contributed by atoms with Crippen LogP contribution < -0.4 is 15.5 Å². The number of carbonyl (C=O) groups excluding carboxylic acids is 1. The highest BCUT2D eigenvalue weighted by Crippen LogP contribution is 2.22. The molecule has 2 aromatic carbocycles. The number of hydrogen-bond donors (Lipinski definition) is 2. The van der Waals surface area contributed by atoms with Crippen LogP contribution in [-0.4, -0.2) is 53.3 Å². The number of ether oxygens (including phenoxy) is 2. The number of nitrogens with one attached hydrogen (secondary N) is 2. The van der Waals surface area contributed by atoms with Crippen LogP contribution in [0.25, 0.3) is 0 Å². The Hall–Kier alpha value is -3.56. The highest BCUT2D eigenvalue weighted by molar-refractivity contribution is 5.94. The molecule has 4 rings (SSSR count). The topological polar surface area (TPSA) is 102 Å². The molecule has 178 valence electrons. The van der Waals surface area contributed by atoms with Crippen LogP contribution >= 0.6 is 0 Å². The zero-order valence-electron chi connectivity index (χ0n) is 19.5. The van der Waals surface area contributed by atoms with Crippen molar-refractivity contribution in [3.05, 3.63) is 66.5 Å². The minimum Gasteiger partial charge on any atom is -0.373 e. The van der Waals surface area contributed by atoms with Crippen LogP contribution in [0.15, 0.2) is 60.9 Å². The maximum absolute atomic E-state index is 12.1. The minimum absolute atomic E-state index is 0.210. The second-order valence-electron chi connectivity index (χ2n) is 8.17. The summed E-state index contributed by atoms with van der Waals surface area (Å²) in [5, 5.41) is 6.02. The van der Waals surface area contributed by atoms with E-state index in [-0.39, 0.29) is 12.0 Å². The molecule has 0 spiro atoms. The number of benzene rings is 2. The van der Waals surface area contributed by atoms with Crippen molar-refractivity contribution in [2.75, 3.05) is 35.7 Å². The van der Waals surface area contributed by atoms with Crippen LogP contribution in [0.5, 0.6) is 0 Å². The fourth-order valence-electron chi connectivity index (χ4n) is 3.67. The zero-order chi connectivity index (χ0) is 23.8. The van der Waals surface area contributed by atoms with Crippen molar-refractivity contribution in [3.63, 3.8) is 0 Å². The molecule has 9 heteroatoms. The fraction of sp³-hybridized carbons (Fsp3) is 0.360. The van der Waals surface area contributed by atoms with Crippen LogP contribution in [0.1, 0.15) is 25.3 Å². The first-order valence-corrected chi connectivity index (χ1v) is 11.4. The van der Waals surface area contributed by atoms with Crippen molar-refractivity contribution >= 4 is 29.2 Å². The smallest absolute Gasteiger partial charge is 0.253 e. The van der Waals surface area contributed by atoms with Gasteiger partial charge >= 0.3 is 0 Å². The quantitative estimate of drug-likeness (QED) is 0.496. The number of anilines is 4. The molecule has 2 heterocycles. The Morgan fingerprint density at radius 3 is 2.62 bits per heavy atom. The highest BCUT2D eigenvalue weighted by atomic mass is 16.5. The monoisotopic (exact) mass is 462 g/mol. The molecular weight excluding hydrogens is 432 g/mol. The first-order valence-electron chi connectivity index (χ1n) is 11.4. The van der Waals surface area contributed by atoms with Crippen molar-refractivity contribution in [2.24, 2.45) is 0 Å². The zero-order valence-corrected chi connectivity index (χ0v) is 19.5. The molecule has 0 saturated carbocycles. The molecule has 2 N–H and O–H groups in total. The SMILES string of the molecule is CO[C@@H](C)C(=O)Nc1cccc(Nc2ncnc(N3CCC(OCc4ccccc4)CC3)n2)c1. The lowest BCUT2D eigenvalue weighted by Crippen LogP contribution is -2.38. The molecule has 1 saturated heterocycles. The standard InChI is InChI=1S/C25H30N6O3/c1-18(33-2)23(32)28-20-9-6-10-21(15-20)29-24-26-17-27-25(30-24)31-13-11-22(12-14-31)34-16-19-7-4-3-5-8-19/h3-10,15,17-18,22H,11-14,16H2,1-2H3,(H,28,32)(H,26,27,29,30)/t18-/m0/s1. The summed E-state index contributed by atoms with van der Waals surface area (Å²) in [6.45, 7) is 3.97. The number of carbonyl (C=O) groups is 1. The first kappa shape index (κ1) is 23.6. The van der Waals surface area contributed by atoms with Crippen LogP contribution in [0, 0.1) is 0 Å². The summed E-state index contributed by atoms with van der Waals surface area (Å²) in [6, 6.07) is 17.6. The van der Waals surface area contributed by atoms with Gasteiger partial charge in [0.1, 0.15) is 12.4 Å². The molecule has 34 heavy (non-hydrogen) atoms. The number of piperidine rings is 1. The van der Waals surface area contributed by atoms with E-state index in [4.69, 9.17) is 9.47 Å². The van der Waals surface area contributed by atoms with Gasteiger partial charge in [-0.3, -0.25) is 4.79 Å². The van der Waals surface area contributed by atoms with Crippen molar-refractivity contribution in [3.8, 4) is 0 Å². The fourth-order valence-corrected chi connectivity index (χ4v) is 3.67. The molecule has 0 bridgehead atoms. The van der Waals surface area contributed by atoms with Gasteiger partial charge in [0.15, 0.2) is 0 Å². The summed E-state index contributed by atoms with van der Waals surface area (Å²) in [5.41, 5.74) is 2.61. The van der Waals surface area contributed by atoms with Gasteiger partial charge in [0.05, 0.1) is 12.7 Å². The van der Waals surface area contributed by atoms with Gasteiger partial charge in [-0.15, -0.1) is 0 Å². The summed E-state index contributed by atoms with van der Waals surface area (Å²) in [6.07, 6.45) is 3.05. The third-order valence-electron chi connectivity index (χ3n) is 5.72. The highest BCUT2D eigenvalue weighted by Gasteiger charge is 2.22. The van der Waals surface area contributed by atoms with Crippen molar-refractivity contribution in [2.45, 2.75) is 38.6 Å². The minimum atomic E-state index is -0.532. The number of hydrogen-bond acceptors (Lipinski definition) is 8. The van der Waals surface area contributed by atoms with E-state index in [0.29, 0.717) is 24.2 Å². The number of rotatable bonds is 9. The summed E-state index contributed by atoms with van der Waals surface area (Å²) < 4.78 is 11.1. The summed E-state index contributed by atoms with van der Waals surface area (Å²) in [5.74, 6) is 0.872. The Morgan fingerprint density at radius 2 is 1.85 bits per heavy atom. The van der Waals surface area contributed by atoms with Gasteiger partial charge in [0.25, 0.3) is 5.91 Å². The van der Waals surface area contributed by atoms with E-state index in [1.165, 1.54) is 19.0 Å². The second-order valence-corrected chi connectivity index (χ2v) is 8.17.